The highest BCUT2D eigenvalue weighted by atomic mass is 16.5. The Hall–Kier alpha value is -3.97. The third-order valence-corrected chi connectivity index (χ3v) is 9.13. The Kier molecular flexibility index (Phi) is 6.76. The Balaban J connectivity index is 1.53. The molecule has 0 saturated carbocycles. The highest BCUT2D eigenvalue weighted by Gasteiger charge is 2.63. The van der Waals surface area contributed by atoms with Crippen LogP contribution in [-0.4, -0.2) is 99.7 Å². The van der Waals surface area contributed by atoms with Gasteiger partial charge in [0.15, 0.2) is 11.4 Å². The second-order valence-electron chi connectivity index (χ2n) is 11.6. The summed E-state index contributed by atoms with van der Waals surface area (Å²) >= 11 is 0. The number of nitrogens with two attached hydrogens (primary N) is 1. The monoisotopic (exact) mass is 579 g/mol. The minimum atomic E-state index is -2.68. The third kappa shape index (κ3) is 4.01. The number of carbonyl (C=O) groups excluding carboxylic acids is 3. The van der Waals surface area contributed by atoms with Gasteiger partial charge in [0, 0.05) is 42.3 Å². The summed E-state index contributed by atoms with van der Waals surface area (Å²) in [5.41, 5.74) is 4.14. The summed E-state index contributed by atoms with van der Waals surface area (Å²) in [7, 11) is 3.19. The molecule has 4 atom stereocenters. The Labute approximate surface area is 241 Å². The van der Waals surface area contributed by atoms with Gasteiger partial charge in [-0.2, -0.15) is 0 Å². The first-order chi connectivity index (χ1) is 20.0. The standard InChI is InChI=1S/C30H33N3O9/c1-32(2)23-19-11-15-9-18-17(14-3-6-42-13-14)10-16(12-33-4-7-41-8-5-33)24(34)21(18)25(35)20(15)27(37)30(19,40)28(38)22(26(23)36)29(31)39/h3,6,10,13,15,19,23,34,36-37,40H,4-5,7-9,11-12H2,1-2H3,(H2,31,39)/t15-,19+,23-,30-/m1/s1. The number of morpholine rings is 1. The minimum absolute atomic E-state index is 0.0160. The van der Waals surface area contributed by atoms with Crippen LogP contribution in [0.3, 0.4) is 0 Å². The molecule has 6 rings (SSSR count). The van der Waals surface area contributed by atoms with Crippen molar-refractivity contribution in [2.24, 2.45) is 17.6 Å². The van der Waals surface area contributed by atoms with Crippen molar-refractivity contribution in [2.45, 2.75) is 31.0 Å². The van der Waals surface area contributed by atoms with Gasteiger partial charge in [0.1, 0.15) is 22.8 Å². The topological polar surface area (TPSA) is 187 Å². The smallest absolute Gasteiger partial charge is 0.255 e. The highest BCUT2D eigenvalue weighted by molar-refractivity contribution is 6.25. The fraction of sp³-hybridized carbons (Fsp3) is 0.433. The lowest BCUT2D eigenvalue weighted by molar-refractivity contribution is -0.148. The molecule has 0 unspecified atom stereocenters. The fourth-order valence-electron chi connectivity index (χ4n) is 7.17. The van der Waals surface area contributed by atoms with E-state index in [4.69, 9.17) is 14.9 Å². The molecule has 1 fully saturated rings. The van der Waals surface area contributed by atoms with Crippen molar-refractivity contribution in [3.63, 3.8) is 0 Å². The molecule has 4 aliphatic rings. The van der Waals surface area contributed by atoms with Gasteiger partial charge in [-0.1, -0.05) is 0 Å². The third-order valence-electron chi connectivity index (χ3n) is 9.13. The normalized spacial score (nSPS) is 28.1. The van der Waals surface area contributed by atoms with Crippen molar-refractivity contribution >= 4 is 17.5 Å². The first-order valence-electron chi connectivity index (χ1n) is 13.8. The fourth-order valence-corrected chi connectivity index (χ4v) is 7.17. The molecule has 0 radical (unpaired) electrons. The molecule has 0 spiro atoms. The molecule has 1 aromatic carbocycles. The summed E-state index contributed by atoms with van der Waals surface area (Å²) < 4.78 is 10.8. The van der Waals surface area contributed by atoms with Gasteiger partial charge in [0.05, 0.1) is 37.3 Å². The van der Waals surface area contributed by atoms with E-state index in [0.717, 1.165) is 0 Å². The zero-order valence-electron chi connectivity index (χ0n) is 23.3. The van der Waals surface area contributed by atoms with Crippen molar-refractivity contribution in [1.29, 1.82) is 0 Å². The highest BCUT2D eigenvalue weighted by Crippen LogP contribution is 2.53. The summed E-state index contributed by atoms with van der Waals surface area (Å²) in [6.45, 7) is 2.72. The van der Waals surface area contributed by atoms with Crippen LogP contribution in [0, 0.1) is 11.8 Å². The van der Waals surface area contributed by atoms with Gasteiger partial charge in [-0.05, 0) is 56.1 Å². The first kappa shape index (κ1) is 28.2. The number of amides is 1. The Morgan fingerprint density at radius 2 is 1.90 bits per heavy atom. The van der Waals surface area contributed by atoms with Crippen molar-refractivity contribution < 1.29 is 44.0 Å². The van der Waals surface area contributed by atoms with Crippen LogP contribution in [0.1, 0.15) is 27.9 Å². The van der Waals surface area contributed by atoms with E-state index in [-0.39, 0.29) is 29.7 Å². The summed E-state index contributed by atoms with van der Waals surface area (Å²) in [5.74, 6) is -6.71. The predicted octanol–water partition coefficient (Wildman–Crippen LogP) is 1.21. The number of likely N-dealkylation sites (N-methyl/N-ethyl adjacent to an activating group) is 1. The van der Waals surface area contributed by atoms with Crippen LogP contribution in [0.2, 0.25) is 0 Å². The molecule has 222 valence electrons. The second-order valence-corrected chi connectivity index (χ2v) is 11.6. The number of fused-ring (bicyclic) bond motifs is 3. The SMILES string of the molecule is CN(C)[C@H]1C(O)=C(C(N)=O)C(=O)[C@]2(O)C(O)=C3C(=O)c4c(O)c(CN5CCOCC5)cc(-c5ccoc5)c4C[C@@H]3C[C@@H]12. The number of allylic oxidation sites excluding steroid dienone is 1. The number of aromatic hydroxyl groups is 1. The van der Waals surface area contributed by atoms with Crippen molar-refractivity contribution in [2.75, 3.05) is 40.4 Å². The Morgan fingerprint density at radius 1 is 1.19 bits per heavy atom. The number of carbonyl (C=O) groups is 3. The number of furan rings is 1. The molecule has 6 N–H and O–H groups in total. The van der Waals surface area contributed by atoms with Crippen molar-refractivity contribution in [1.82, 2.24) is 9.80 Å². The molecular formula is C30H33N3O9. The van der Waals surface area contributed by atoms with Crippen LogP contribution >= 0.6 is 0 Å². The van der Waals surface area contributed by atoms with Gasteiger partial charge in [0.2, 0.25) is 5.78 Å². The minimum Gasteiger partial charge on any atom is -0.510 e. The van der Waals surface area contributed by atoms with Crippen LogP contribution in [0.15, 0.2) is 51.7 Å². The van der Waals surface area contributed by atoms with E-state index in [1.165, 1.54) is 11.2 Å². The number of primary amides is 1. The molecule has 2 heterocycles. The lowest BCUT2D eigenvalue weighted by Crippen LogP contribution is -2.63. The number of ether oxygens (including phenoxy) is 1. The summed E-state index contributed by atoms with van der Waals surface area (Å²) in [6.07, 6.45) is 3.28. The number of phenols is 1. The number of hydrogen-bond acceptors (Lipinski definition) is 11. The van der Waals surface area contributed by atoms with Crippen LogP contribution < -0.4 is 5.73 Å². The largest absolute Gasteiger partial charge is 0.510 e. The van der Waals surface area contributed by atoms with Crippen LogP contribution in [0.5, 0.6) is 5.75 Å². The second kappa shape index (κ2) is 10.1. The van der Waals surface area contributed by atoms with Crippen molar-refractivity contribution in [3.05, 3.63) is 64.0 Å². The maximum atomic E-state index is 14.2. The van der Waals surface area contributed by atoms with Gasteiger partial charge in [-0.3, -0.25) is 24.2 Å². The average Bonchev–Trinajstić information content (AvgIpc) is 3.47. The number of aliphatic hydroxyl groups is 3. The molecule has 1 saturated heterocycles. The molecule has 3 aliphatic carbocycles. The van der Waals surface area contributed by atoms with Gasteiger partial charge in [-0.25, -0.2) is 0 Å². The molecule has 1 amide bonds. The number of aliphatic hydroxyl groups excluding tert-OH is 2. The molecule has 0 bridgehead atoms. The lowest BCUT2D eigenvalue weighted by atomic mass is 9.58. The molecule has 12 heteroatoms. The number of nitrogens with zero attached hydrogens (tertiary/aromatic N) is 2. The van der Waals surface area contributed by atoms with E-state index >= 15 is 0 Å². The Bertz CT molecular complexity index is 1550. The first-order valence-corrected chi connectivity index (χ1v) is 13.8. The maximum Gasteiger partial charge on any atom is 0.255 e. The maximum absolute atomic E-state index is 14.2. The summed E-state index contributed by atoms with van der Waals surface area (Å²) in [6, 6.07) is 2.55. The predicted molar refractivity (Wildman–Crippen MR) is 147 cm³/mol. The Morgan fingerprint density at radius 3 is 2.52 bits per heavy atom. The van der Waals surface area contributed by atoms with E-state index in [1.54, 1.807) is 26.4 Å². The van der Waals surface area contributed by atoms with Gasteiger partial charge in [-0.15, -0.1) is 0 Å². The zero-order valence-corrected chi connectivity index (χ0v) is 23.3. The van der Waals surface area contributed by atoms with Gasteiger partial charge < -0.3 is 35.3 Å². The average molecular weight is 580 g/mol. The number of hydrogen-bond donors (Lipinski definition) is 5. The molecule has 1 aromatic heterocycles. The van der Waals surface area contributed by atoms with Gasteiger partial charge in [0.25, 0.3) is 5.91 Å². The zero-order chi connectivity index (χ0) is 30.1. The van der Waals surface area contributed by atoms with Crippen LogP contribution in [-0.2, 0) is 27.3 Å². The molecular weight excluding hydrogens is 546 g/mol. The quantitative estimate of drug-likeness (QED) is 0.321. The molecule has 42 heavy (non-hydrogen) atoms. The van der Waals surface area contributed by atoms with Crippen LogP contribution in [0.4, 0.5) is 0 Å². The number of benzene rings is 1. The lowest BCUT2D eigenvalue weighted by Gasteiger charge is -2.50. The molecule has 2 aromatic rings. The van der Waals surface area contributed by atoms with E-state index in [9.17, 15) is 34.8 Å². The van der Waals surface area contributed by atoms with E-state index < -0.39 is 58.0 Å². The number of Topliss-reactive ketones (excluding diaryl/α,β-unsaturated/α-hetero) is 2. The summed E-state index contributed by atoms with van der Waals surface area (Å²) in [5, 5.41) is 45.9. The number of ketones is 2. The molecule has 12 nitrogen and oxygen atoms in total. The van der Waals surface area contributed by atoms with Crippen LogP contribution in [0.25, 0.3) is 11.1 Å². The van der Waals surface area contributed by atoms with Gasteiger partial charge >= 0.3 is 0 Å². The van der Waals surface area contributed by atoms with Crippen molar-refractivity contribution in [3.8, 4) is 16.9 Å². The number of rotatable bonds is 5. The molecule has 1 aliphatic heterocycles. The van der Waals surface area contributed by atoms with E-state index in [2.05, 4.69) is 4.90 Å². The van der Waals surface area contributed by atoms with E-state index in [0.29, 0.717) is 55.1 Å². The summed E-state index contributed by atoms with van der Waals surface area (Å²) in [4.78, 5) is 43.6. The number of phenolic OH excluding ortho intramolecular Hbond substituents is 1. The van der Waals surface area contributed by atoms with E-state index in [1.807, 2.05) is 6.07 Å².